The molecule has 1 N–H and O–H groups in total. The summed E-state index contributed by atoms with van der Waals surface area (Å²) in [7, 11) is 0. The molecular formula is C15H26N2O2. The van der Waals surface area contributed by atoms with Crippen LogP contribution in [0.25, 0.3) is 0 Å². The lowest BCUT2D eigenvalue weighted by Crippen LogP contribution is -2.55. The molecular weight excluding hydrogens is 240 g/mol. The number of hydrogen-bond acceptors (Lipinski definition) is 4. The largest absolute Gasteiger partial charge is 0.465 e. The maximum atomic E-state index is 9.23. The fourth-order valence-electron chi connectivity index (χ4n) is 2.95. The quantitative estimate of drug-likeness (QED) is 0.883. The summed E-state index contributed by atoms with van der Waals surface area (Å²) in [4.78, 5) is 4.93. The predicted octanol–water partition coefficient (Wildman–Crippen LogP) is 1.87. The van der Waals surface area contributed by atoms with Gasteiger partial charge in [0.2, 0.25) is 0 Å². The molecule has 0 radical (unpaired) electrons. The minimum atomic E-state index is 0.265. The first kappa shape index (κ1) is 14.6. The van der Waals surface area contributed by atoms with Gasteiger partial charge in [0, 0.05) is 38.3 Å². The van der Waals surface area contributed by atoms with E-state index in [1.807, 2.05) is 13.0 Å². The summed E-state index contributed by atoms with van der Waals surface area (Å²) >= 11 is 0. The van der Waals surface area contributed by atoms with Gasteiger partial charge in [-0.1, -0.05) is 0 Å². The van der Waals surface area contributed by atoms with Gasteiger partial charge < -0.3 is 9.52 Å². The minimum absolute atomic E-state index is 0.265. The lowest BCUT2D eigenvalue weighted by Gasteiger charge is -2.43. The summed E-state index contributed by atoms with van der Waals surface area (Å²) in [6.45, 7) is 10.7. The molecule has 1 aromatic heterocycles. The van der Waals surface area contributed by atoms with Crippen molar-refractivity contribution in [3.63, 3.8) is 0 Å². The third kappa shape index (κ3) is 3.81. The van der Waals surface area contributed by atoms with Crippen molar-refractivity contribution < 1.29 is 9.52 Å². The minimum Gasteiger partial charge on any atom is -0.465 e. The molecule has 2 rings (SSSR count). The van der Waals surface area contributed by atoms with Crippen LogP contribution in [0.15, 0.2) is 16.5 Å². The second kappa shape index (κ2) is 6.55. The van der Waals surface area contributed by atoms with Crippen molar-refractivity contribution in [3.05, 3.63) is 23.7 Å². The zero-order valence-electron chi connectivity index (χ0n) is 12.3. The Bertz CT molecular complexity index is 389. The van der Waals surface area contributed by atoms with Crippen molar-refractivity contribution >= 4 is 0 Å². The van der Waals surface area contributed by atoms with E-state index >= 15 is 0 Å². The highest BCUT2D eigenvalue weighted by Crippen LogP contribution is 2.18. The predicted molar refractivity (Wildman–Crippen MR) is 76.1 cm³/mol. The molecule has 1 saturated heterocycles. The molecule has 4 nitrogen and oxygen atoms in total. The van der Waals surface area contributed by atoms with Crippen LogP contribution in [-0.2, 0) is 6.54 Å². The van der Waals surface area contributed by atoms with E-state index in [9.17, 15) is 5.11 Å². The van der Waals surface area contributed by atoms with Crippen molar-refractivity contribution in [2.24, 2.45) is 0 Å². The zero-order valence-corrected chi connectivity index (χ0v) is 12.3. The topological polar surface area (TPSA) is 39.9 Å². The molecule has 0 aromatic carbocycles. The van der Waals surface area contributed by atoms with Gasteiger partial charge in [0.15, 0.2) is 0 Å². The van der Waals surface area contributed by atoms with Gasteiger partial charge in [0.05, 0.1) is 6.54 Å². The molecule has 1 unspecified atom stereocenters. The van der Waals surface area contributed by atoms with Crippen LogP contribution in [0.5, 0.6) is 0 Å². The summed E-state index contributed by atoms with van der Waals surface area (Å²) in [6, 6.07) is 5.08. The lowest BCUT2D eigenvalue weighted by atomic mass is 10.1. The summed E-state index contributed by atoms with van der Waals surface area (Å²) in [5.41, 5.74) is 0. The first-order valence-corrected chi connectivity index (χ1v) is 7.24. The molecule has 1 aliphatic rings. The average Bonchev–Trinajstić information content (AvgIpc) is 2.75. The molecule has 0 amide bonds. The van der Waals surface area contributed by atoms with E-state index in [0.29, 0.717) is 12.1 Å². The van der Waals surface area contributed by atoms with Gasteiger partial charge in [-0.05, 0) is 39.3 Å². The number of rotatable bonds is 5. The van der Waals surface area contributed by atoms with Crippen LogP contribution in [0.2, 0.25) is 0 Å². The maximum absolute atomic E-state index is 9.23. The lowest BCUT2D eigenvalue weighted by molar-refractivity contribution is 0.0322. The molecule has 0 saturated carbocycles. The molecule has 1 atom stereocenters. The smallest absolute Gasteiger partial charge is 0.118 e. The van der Waals surface area contributed by atoms with Crippen LogP contribution >= 0.6 is 0 Å². The SMILES string of the molecule is Cc1ccc(CN2CCN(C(C)C)C(CCO)C2)o1. The van der Waals surface area contributed by atoms with Crippen LogP contribution in [0.3, 0.4) is 0 Å². The van der Waals surface area contributed by atoms with Crippen LogP contribution in [0.1, 0.15) is 31.8 Å². The molecule has 2 heterocycles. The molecule has 4 heteroatoms. The van der Waals surface area contributed by atoms with Crippen molar-refractivity contribution in [2.45, 2.75) is 45.8 Å². The van der Waals surface area contributed by atoms with Gasteiger partial charge in [0.1, 0.15) is 11.5 Å². The van der Waals surface area contributed by atoms with E-state index in [1.165, 1.54) is 0 Å². The molecule has 19 heavy (non-hydrogen) atoms. The molecule has 1 aliphatic heterocycles. The first-order valence-electron chi connectivity index (χ1n) is 7.24. The van der Waals surface area contributed by atoms with E-state index in [2.05, 4.69) is 29.7 Å². The summed E-state index contributed by atoms with van der Waals surface area (Å²) in [6.07, 6.45) is 0.853. The number of nitrogens with zero attached hydrogens (tertiary/aromatic N) is 2. The Morgan fingerprint density at radius 2 is 2.16 bits per heavy atom. The molecule has 0 spiro atoms. The number of piperazine rings is 1. The van der Waals surface area contributed by atoms with E-state index in [4.69, 9.17) is 4.42 Å². The normalized spacial score (nSPS) is 22.3. The Labute approximate surface area is 116 Å². The third-order valence-electron chi connectivity index (χ3n) is 3.91. The second-order valence-corrected chi connectivity index (χ2v) is 5.75. The molecule has 1 fully saturated rings. The van der Waals surface area contributed by atoms with Gasteiger partial charge in [0.25, 0.3) is 0 Å². The van der Waals surface area contributed by atoms with E-state index in [1.54, 1.807) is 0 Å². The van der Waals surface area contributed by atoms with Crippen LogP contribution < -0.4 is 0 Å². The van der Waals surface area contributed by atoms with Crippen molar-refractivity contribution in [1.29, 1.82) is 0 Å². The maximum Gasteiger partial charge on any atom is 0.118 e. The Kier molecular flexibility index (Phi) is 5.02. The summed E-state index contributed by atoms with van der Waals surface area (Å²) in [5.74, 6) is 2.01. The van der Waals surface area contributed by atoms with Gasteiger partial charge in [-0.15, -0.1) is 0 Å². The summed E-state index contributed by atoms with van der Waals surface area (Å²) in [5, 5.41) is 9.23. The van der Waals surface area contributed by atoms with Crippen LogP contribution in [-0.4, -0.2) is 53.2 Å². The molecule has 0 bridgehead atoms. The number of hydrogen-bond donors (Lipinski definition) is 1. The van der Waals surface area contributed by atoms with Gasteiger partial charge >= 0.3 is 0 Å². The fourth-order valence-corrected chi connectivity index (χ4v) is 2.95. The second-order valence-electron chi connectivity index (χ2n) is 5.75. The Morgan fingerprint density at radius 1 is 1.37 bits per heavy atom. The Hall–Kier alpha value is -0.840. The highest BCUT2D eigenvalue weighted by molar-refractivity contribution is 5.05. The van der Waals surface area contributed by atoms with Crippen LogP contribution in [0, 0.1) is 6.92 Å². The standard InChI is InChI=1S/C15H26N2O2/c1-12(2)17-8-7-16(10-14(17)6-9-18)11-15-5-4-13(3)19-15/h4-5,12,14,18H,6-11H2,1-3H3. The van der Waals surface area contributed by atoms with Crippen molar-refractivity contribution in [2.75, 3.05) is 26.2 Å². The van der Waals surface area contributed by atoms with Gasteiger partial charge in [-0.3, -0.25) is 9.80 Å². The Morgan fingerprint density at radius 3 is 2.74 bits per heavy atom. The monoisotopic (exact) mass is 266 g/mol. The molecule has 108 valence electrons. The van der Waals surface area contributed by atoms with Gasteiger partial charge in [-0.25, -0.2) is 0 Å². The van der Waals surface area contributed by atoms with E-state index in [-0.39, 0.29) is 6.61 Å². The van der Waals surface area contributed by atoms with Crippen LogP contribution in [0.4, 0.5) is 0 Å². The summed E-state index contributed by atoms with van der Waals surface area (Å²) < 4.78 is 5.65. The highest BCUT2D eigenvalue weighted by atomic mass is 16.3. The number of furan rings is 1. The molecule has 0 aliphatic carbocycles. The van der Waals surface area contributed by atoms with Crippen molar-refractivity contribution in [1.82, 2.24) is 9.80 Å². The third-order valence-corrected chi connectivity index (χ3v) is 3.91. The van der Waals surface area contributed by atoms with E-state index in [0.717, 1.165) is 44.1 Å². The first-order chi connectivity index (χ1) is 9.10. The molecule has 1 aromatic rings. The highest BCUT2D eigenvalue weighted by Gasteiger charge is 2.28. The Balaban J connectivity index is 1.94. The zero-order chi connectivity index (χ0) is 13.8. The number of aryl methyl sites for hydroxylation is 1. The van der Waals surface area contributed by atoms with Crippen molar-refractivity contribution in [3.8, 4) is 0 Å². The average molecular weight is 266 g/mol. The number of aliphatic hydroxyl groups is 1. The van der Waals surface area contributed by atoms with E-state index < -0.39 is 0 Å². The fraction of sp³-hybridized carbons (Fsp3) is 0.733. The number of aliphatic hydroxyl groups excluding tert-OH is 1. The van der Waals surface area contributed by atoms with Gasteiger partial charge in [-0.2, -0.15) is 0 Å².